The second-order valence-corrected chi connectivity index (χ2v) is 8.22. The van der Waals surface area contributed by atoms with Crippen LogP contribution in [-0.2, 0) is 22.3 Å². The molecule has 10 heteroatoms. The van der Waals surface area contributed by atoms with E-state index < -0.39 is 23.3 Å². The summed E-state index contributed by atoms with van der Waals surface area (Å²) in [5.41, 5.74) is -0.818. The summed E-state index contributed by atoms with van der Waals surface area (Å²) >= 11 is 0. The summed E-state index contributed by atoms with van der Waals surface area (Å²) < 4.78 is 54.7. The highest BCUT2D eigenvalue weighted by Gasteiger charge is 2.34. The summed E-state index contributed by atoms with van der Waals surface area (Å²) in [7, 11) is 1.47. The van der Waals surface area contributed by atoms with E-state index in [1.54, 1.807) is 43.9 Å². The molecule has 1 saturated heterocycles. The van der Waals surface area contributed by atoms with Crippen molar-refractivity contribution in [3.8, 4) is 11.5 Å². The zero-order valence-electron chi connectivity index (χ0n) is 19.4. The van der Waals surface area contributed by atoms with Gasteiger partial charge in [-0.1, -0.05) is 6.07 Å². The molecule has 0 atom stereocenters. The number of urea groups is 1. The molecular weight excluding hydrogens is 453 g/mol. The van der Waals surface area contributed by atoms with Gasteiger partial charge in [-0.15, -0.1) is 0 Å². The first kappa shape index (κ1) is 25.2. The summed E-state index contributed by atoms with van der Waals surface area (Å²) in [5.74, 6) is 0.233. The number of alkyl halides is 3. The first-order chi connectivity index (χ1) is 16.0. The average Bonchev–Trinajstić information content (AvgIpc) is 3.14. The molecule has 7 nitrogen and oxygen atoms in total. The second kappa shape index (κ2) is 9.82. The molecule has 1 aliphatic rings. The highest BCUT2D eigenvalue weighted by molar-refractivity contribution is 5.94. The van der Waals surface area contributed by atoms with Gasteiger partial charge in [0.2, 0.25) is 0 Å². The SMILES string of the molecule is CCOC(=O)C(C)(C)Oc1ccc(CN2CCN(c3ccc(C(F)(F)F)cc3)C2=O)cc1OC. The fourth-order valence-corrected chi connectivity index (χ4v) is 3.54. The van der Waals surface area contributed by atoms with E-state index in [0.717, 1.165) is 17.7 Å². The quantitative estimate of drug-likeness (QED) is 0.504. The van der Waals surface area contributed by atoms with E-state index in [9.17, 15) is 22.8 Å². The number of halogens is 3. The lowest BCUT2D eigenvalue weighted by atomic mass is 10.1. The Hall–Kier alpha value is -3.43. The Morgan fingerprint density at radius 3 is 2.29 bits per heavy atom. The first-order valence-corrected chi connectivity index (χ1v) is 10.7. The molecule has 34 heavy (non-hydrogen) atoms. The van der Waals surface area contributed by atoms with Gasteiger partial charge < -0.3 is 19.1 Å². The van der Waals surface area contributed by atoms with Crippen LogP contribution in [0.2, 0.25) is 0 Å². The molecule has 0 bridgehead atoms. The normalized spacial score (nSPS) is 14.4. The van der Waals surface area contributed by atoms with Crippen LogP contribution in [0.15, 0.2) is 42.5 Å². The number of methoxy groups -OCH3 is 1. The lowest BCUT2D eigenvalue weighted by molar-refractivity contribution is -0.158. The highest BCUT2D eigenvalue weighted by atomic mass is 19.4. The maximum atomic E-state index is 12.9. The predicted octanol–water partition coefficient (Wildman–Crippen LogP) is 4.88. The maximum Gasteiger partial charge on any atom is 0.416 e. The third-order valence-corrected chi connectivity index (χ3v) is 5.33. The summed E-state index contributed by atoms with van der Waals surface area (Å²) in [6, 6.07) is 9.35. The zero-order chi connectivity index (χ0) is 25.1. The topological polar surface area (TPSA) is 68.3 Å². The molecule has 1 heterocycles. The maximum absolute atomic E-state index is 12.9. The largest absolute Gasteiger partial charge is 0.493 e. The fourth-order valence-electron chi connectivity index (χ4n) is 3.54. The van der Waals surface area contributed by atoms with Crippen molar-refractivity contribution in [2.75, 3.05) is 31.7 Å². The number of hydrogen-bond acceptors (Lipinski definition) is 5. The molecule has 0 N–H and O–H groups in total. The molecule has 1 aliphatic heterocycles. The Labute approximate surface area is 196 Å². The third kappa shape index (κ3) is 5.55. The molecule has 3 rings (SSSR count). The fraction of sp³-hybridized carbons (Fsp3) is 0.417. The molecule has 0 saturated carbocycles. The van der Waals surface area contributed by atoms with E-state index in [0.29, 0.717) is 30.3 Å². The Kier molecular flexibility index (Phi) is 7.28. The van der Waals surface area contributed by atoms with Crippen LogP contribution >= 0.6 is 0 Å². The van der Waals surface area contributed by atoms with Crippen molar-refractivity contribution >= 4 is 17.7 Å². The molecule has 184 valence electrons. The Morgan fingerprint density at radius 1 is 1.03 bits per heavy atom. The van der Waals surface area contributed by atoms with Gasteiger partial charge in [0.05, 0.1) is 19.3 Å². The molecule has 0 unspecified atom stereocenters. The van der Waals surface area contributed by atoms with Crippen molar-refractivity contribution in [3.05, 3.63) is 53.6 Å². The monoisotopic (exact) mass is 480 g/mol. The van der Waals surface area contributed by atoms with Crippen molar-refractivity contribution in [1.29, 1.82) is 0 Å². The number of nitrogens with zero attached hydrogens (tertiary/aromatic N) is 2. The average molecular weight is 480 g/mol. The number of hydrogen-bond donors (Lipinski definition) is 0. The number of amides is 2. The van der Waals surface area contributed by atoms with E-state index in [1.165, 1.54) is 24.1 Å². The van der Waals surface area contributed by atoms with Crippen molar-refractivity contribution in [2.24, 2.45) is 0 Å². The van der Waals surface area contributed by atoms with Gasteiger partial charge in [0.15, 0.2) is 17.1 Å². The van der Waals surface area contributed by atoms with Crippen LogP contribution in [0.1, 0.15) is 31.9 Å². The smallest absolute Gasteiger partial charge is 0.416 e. The Morgan fingerprint density at radius 2 is 1.71 bits per heavy atom. The minimum atomic E-state index is -4.43. The van der Waals surface area contributed by atoms with Crippen LogP contribution in [0, 0.1) is 0 Å². The second-order valence-electron chi connectivity index (χ2n) is 8.22. The van der Waals surface area contributed by atoms with Crippen LogP contribution in [0.5, 0.6) is 11.5 Å². The highest BCUT2D eigenvalue weighted by Crippen LogP contribution is 2.33. The molecule has 1 fully saturated rings. The summed E-state index contributed by atoms with van der Waals surface area (Å²) in [6.45, 7) is 6.17. The number of carbonyl (C=O) groups is 2. The Balaban J connectivity index is 1.70. The van der Waals surface area contributed by atoms with Crippen LogP contribution in [0.25, 0.3) is 0 Å². The molecule has 2 aromatic rings. The van der Waals surface area contributed by atoms with Gasteiger partial charge >= 0.3 is 18.2 Å². The molecule has 0 radical (unpaired) electrons. The minimum Gasteiger partial charge on any atom is -0.493 e. The summed E-state index contributed by atoms with van der Waals surface area (Å²) in [6.07, 6.45) is -4.43. The summed E-state index contributed by atoms with van der Waals surface area (Å²) in [5, 5.41) is 0. The number of anilines is 1. The van der Waals surface area contributed by atoms with Gasteiger partial charge in [0.25, 0.3) is 0 Å². The standard InChI is InChI=1S/C24H27F3N2O5/c1-5-33-21(30)23(2,3)34-19-11-6-16(14-20(19)32-4)15-28-12-13-29(22(28)31)18-9-7-17(8-10-18)24(25,26)27/h6-11,14H,5,12-13,15H2,1-4H3. The number of ether oxygens (including phenoxy) is 3. The van der Waals surface area contributed by atoms with Crippen LogP contribution < -0.4 is 14.4 Å². The van der Waals surface area contributed by atoms with E-state index >= 15 is 0 Å². The van der Waals surface area contributed by atoms with Crippen LogP contribution in [0.3, 0.4) is 0 Å². The van der Waals surface area contributed by atoms with Gasteiger partial charge in [-0.25, -0.2) is 9.59 Å². The number of carbonyl (C=O) groups excluding carboxylic acids is 2. The number of rotatable bonds is 8. The van der Waals surface area contributed by atoms with E-state index in [-0.39, 0.29) is 19.2 Å². The van der Waals surface area contributed by atoms with Gasteiger partial charge in [-0.05, 0) is 62.7 Å². The summed E-state index contributed by atoms with van der Waals surface area (Å²) in [4.78, 5) is 28.0. The van der Waals surface area contributed by atoms with Gasteiger partial charge in [-0.3, -0.25) is 4.90 Å². The van der Waals surface area contributed by atoms with Gasteiger partial charge in [-0.2, -0.15) is 13.2 Å². The Bertz CT molecular complexity index is 1040. The van der Waals surface area contributed by atoms with E-state index in [1.807, 2.05) is 0 Å². The lowest BCUT2D eigenvalue weighted by Gasteiger charge is -2.25. The van der Waals surface area contributed by atoms with Crippen LogP contribution in [-0.4, -0.2) is 49.3 Å². The first-order valence-electron chi connectivity index (χ1n) is 10.7. The predicted molar refractivity (Wildman–Crippen MR) is 119 cm³/mol. The van der Waals surface area contributed by atoms with Crippen molar-refractivity contribution < 1.29 is 37.0 Å². The van der Waals surface area contributed by atoms with Crippen molar-refractivity contribution in [3.63, 3.8) is 0 Å². The molecular formula is C24H27F3N2O5. The minimum absolute atomic E-state index is 0.231. The third-order valence-electron chi connectivity index (χ3n) is 5.33. The zero-order valence-corrected chi connectivity index (χ0v) is 19.4. The lowest BCUT2D eigenvalue weighted by Crippen LogP contribution is -2.39. The van der Waals surface area contributed by atoms with Crippen molar-refractivity contribution in [1.82, 2.24) is 4.90 Å². The van der Waals surface area contributed by atoms with Crippen molar-refractivity contribution in [2.45, 2.75) is 39.1 Å². The van der Waals surface area contributed by atoms with Crippen LogP contribution in [0.4, 0.5) is 23.7 Å². The van der Waals surface area contributed by atoms with E-state index in [2.05, 4.69) is 0 Å². The number of esters is 1. The van der Waals surface area contributed by atoms with Gasteiger partial charge in [0, 0.05) is 25.3 Å². The molecule has 0 aromatic heterocycles. The molecule has 0 aliphatic carbocycles. The number of benzene rings is 2. The molecule has 0 spiro atoms. The molecule has 2 amide bonds. The van der Waals surface area contributed by atoms with Gasteiger partial charge in [0.1, 0.15) is 0 Å². The van der Waals surface area contributed by atoms with E-state index in [4.69, 9.17) is 14.2 Å². The molecule has 2 aromatic carbocycles.